The lowest BCUT2D eigenvalue weighted by Crippen LogP contribution is -2.36. The second-order valence-corrected chi connectivity index (χ2v) is 8.08. The number of benzene rings is 1. The Balaban J connectivity index is 1.31. The minimum atomic E-state index is -0.379. The highest BCUT2D eigenvalue weighted by Gasteiger charge is 2.35. The molecule has 2 aliphatic rings. The number of aromatic nitrogens is 2. The van der Waals surface area contributed by atoms with Gasteiger partial charge in [0, 0.05) is 43.7 Å². The Morgan fingerprint density at radius 1 is 1.17 bits per heavy atom. The molecule has 0 bridgehead atoms. The van der Waals surface area contributed by atoms with Crippen LogP contribution in [-0.4, -0.2) is 34.5 Å². The molecule has 7 heteroatoms. The zero-order valence-corrected chi connectivity index (χ0v) is 16.9. The first-order valence-corrected chi connectivity index (χ1v) is 10.1. The van der Waals surface area contributed by atoms with Crippen molar-refractivity contribution < 1.29 is 9.59 Å². The van der Waals surface area contributed by atoms with Gasteiger partial charge in [-0.25, -0.2) is 4.98 Å². The average molecular weight is 394 g/mol. The quantitative estimate of drug-likeness (QED) is 0.811. The van der Waals surface area contributed by atoms with Gasteiger partial charge in [-0.15, -0.1) is 0 Å². The molecule has 0 spiro atoms. The molecule has 0 radical (unpaired) electrons. The first kappa shape index (κ1) is 19.4. The number of amides is 2. The van der Waals surface area contributed by atoms with Crippen molar-refractivity contribution in [2.24, 2.45) is 5.92 Å². The van der Waals surface area contributed by atoms with E-state index in [2.05, 4.69) is 10.3 Å². The van der Waals surface area contributed by atoms with Gasteiger partial charge in [-0.05, 0) is 49.9 Å². The summed E-state index contributed by atoms with van der Waals surface area (Å²) in [4.78, 5) is 43.1. The molecule has 1 aliphatic heterocycles. The maximum atomic E-state index is 12.5. The highest BCUT2D eigenvalue weighted by atomic mass is 16.2. The van der Waals surface area contributed by atoms with Crippen molar-refractivity contribution in [1.29, 1.82) is 0 Å². The Morgan fingerprint density at radius 2 is 1.97 bits per heavy atom. The summed E-state index contributed by atoms with van der Waals surface area (Å²) >= 11 is 0. The number of carbonyl (C=O) groups excluding carboxylic acids is 2. The molecule has 1 saturated carbocycles. The van der Waals surface area contributed by atoms with Crippen molar-refractivity contribution >= 4 is 17.5 Å². The molecule has 1 N–H and O–H groups in total. The van der Waals surface area contributed by atoms with Gasteiger partial charge in [0.1, 0.15) is 0 Å². The Kier molecular flexibility index (Phi) is 5.22. The van der Waals surface area contributed by atoms with E-state index in [-0.39, 0.29) is 29.7 Å². The number of nitrogens with zero attached hydrogens (tertiary/aromatic N) is 3. The van der Waals surface area contributed by atoms with Crippen LogP contribution in [0.2, 0.25) is 0 Å². The Morgan fingerprint density at radius 3 is 2.66 bits per heavy atom. The van der Waals surface area contributed by atoms with Crippen molar-refractivity contribution in [3.05, 3.63) is 57.8 Å². The molecule has 7 nitrogen and oxygen atoms in total. The molecular formula is C22H26N4O3. The van der Waals surface area contributed by atoms with Crippen LogP contribution in [0.3, 0.4) is 0 Å². The standard InChI is InChI=1S/C22H26N4O3/c1-14-3-6-18(9-15(14)2)26-12-17(10-21(26)28)22(29)23-7-8-25-13-24-19(11-20(25)27)16-4-5-16/h3,6,9,11,13,16-17H,4-5,7-8,10,12H2,1-2H3,(H,23,29). The van der Waals surface area contributed by atoms with E-state index in [0.717, 1.165) is 29.8 Å². The minimum absolute atomic E-state index is 0.0375. The van der Waals surface area contributed by atoms with E-state index >= 15 is 0 Å². The molecule has 1 aromatic carbocycles. The maximum Gasteiger partial charge on any atom is 0.253 e. The lowest BCUT2D eigenvalue weighted by Gasteiger charge is -2.18. The summed E-state index contributed by atoms with van der Waals surface area (Å²) in [5.74, 6) is -0.127. The van der Waals surface area contributed by atoms with Crippen LogP contribution >= 0.6 is 0 Å². The van der Waals surface area contributed by atoms with Crippen molar-refractivity contribution in [3.8, 4) is 0 Å². The number of aryl methyl sites for hydroxylation is 2. The molecule has 2 fully saturated rings. The van der Waals surface area contributed by atoms with E-state index in [1.807, 2.05) is 32.0 Å². The van der Waals surface area contributed by atoms with Crippen LogP contribution in [0.15, 0.2) is 35.4 Å². The zero-order valence-electron chi connectivity index (χ0n) is 16.9. The van der Waals surface area contributed by atoms with Crippen LogP contribution in [0, 0.1) is 19.8 Å². The third kappa shape index (κ3) is 4.23. The van der Waals surface area contributed by atoms with E-state index < -0.39 is 0 Å². The topological polar surface area (TPSA) is 84.3 Å². The highest BCUT2D eigenvalue weighted by Crippen LogP contribution is 2.38. The van der Waals surface area contributed by atoms with E-state index in [1.165, 1.54) is 10.1 Å². The van der Waals surface area contributed by atoms with Gasteiger partial charge in [-0.2, -0.15) is 0 Å². The van der Waals surface area contributed by atoms with Crippen molar-refractivity contribution in [2.45, 2.75) is 45.6 Å². The fourth-order valence-corrected chi connectivity index (χ4v) is 3.68. The van der Waals surface area contributed by atoms with Crippen molar-refractivity contribution in [1.82, 2.24) is 14.9 Å². The molecule has 29 heavy (non-hydrogen) atoms. The van der Waals surface area contributed by atoms with Crippen LogP contribution in [0.1, 0.15) is 42.0 Å². The Bertz CT molecular complexity index is 1010. The molecular weight excluding hydrogens is 368 g/mol. The summed E-state index contributed by atoms with van der Waals surface area (Å²) in [7, 11) is 0. The number of carbonyl (C=O) groups is 2. The van der Waals surface area contributed by atoms with Crippen LogP contribution in [0.5, 0.6) is 0 Å². The molecule has 1 unspecified atom stereocenters. The molecule has 1 aromatic heterocycles. The lowest BCUT2D eigenvalue weighted by molar-refractivity contribution is -0.126. The van der Waals surface area contributed by atoms with Crippen LogP contribution in [0.25, 0.3) is 0 Å². The molecule has 1 saturated heterocycles. The summed E-state index contributed by atoms with van der Waals surface area (Å²) in [5, 5.41) is 2.86. The van der Waals surface area contributed by atoms with Gasteiger partial charge in [0.2, 0.25) is 11.8 Å². The van der Waals surface area contributed by atoms with E-state index in [1.54, 1.807) is 17.3 Å². The fourth-order valence-electron chi connectivity index (χ4n) is 3.68. The third-order valence-corrected chi connectivity index (χ3v) is 5.85. The summed E-state index contributed by atoms with van der Waals surface area (Å²) in [6.07, 6.45) is 3.97. The first-order chi connectivity index (χ1) is 13.9. The smallest absolute Gasteiger partial charge is 0.253 e. The third-order valence-electron chi connectivity index (χ3n) is 5.85. The predicted octanol–water partition coefficient (Wildman–Crippen LogP) is 1.91. The normalized spacial score (nSPS) is 18.9. The number of hydrogen-bond donors (Lipinski definition) is 1. The summed E-state index contributed by atoms with van der Waals surface area (Å²) < 4.78 is 1.51. The molecule has 4 rings (SSSR count). The summed E-state index contributed by atoms with van der Waals surface area (Å²) in [5.41, 5.74) is 3.90. The Labute approximate surface area is 169 Å². The first-order valence-electron chi connectivity index (χ1n) is 10.1. The van der Waals surface area contributed by atoms with Crippen LogP contribution in [-0.2, 0) is 16.1 Å². The van der Waals surface area contributed by atoms with Crippen LogP contribution < -0.4 is 15.8 Å². The van der Waals surface area contributed by atoms with Gasteiger partial charge in [0.25, 0.3) is 5.56 Å². The average Bonchev–Trinajstić information content (AvgIpc) is 3.47. The summed E-state index contributed by atoms with van der Waals surface area (Å²) in [6.45, 7) is 5.12. The maximum absolute atomic E-state index is 12.5. The fraction of sp³-hybridized carbons (Fsp3) is 0.455. The predicted molar refractivity (Wildman–Crippen MR) is 110 cm³/mol. The number of rotatable bonds is 6. The number of anilines is 1. The molecule has 1 atom stereocenters. The highest BCUT2D eigenvalue weighted by molar-refractivity contribution is 6.00. The Hall–Kier alpha value is -2.96. The second-order valence-electron chi connectivity index (χ2n) is 8.08. The van der Waals surface area contributed by atoms with Gasteiger partial charge in [0.05, 0.1) is 17.9 Å². The van der Waals surface area contributed by atoms with Gasteiger partial charge in [0.15, 0.2) is 0 Å². The minimum Gasteiger partial charge on any atom is -0.354 e. The van der Waals surface area contributed by atoms with E-state index in [4.69, 9.17) is 0 Å². The molecule has 2 amide bonds. The molecule has 2 aromatic rings. The number of nitrogens with one attached hydrogen (secondary N) is 1. The van der Waals surface area contributed by atoms with Crippen LogP contribution in [0.4, 0.5) is 5.69 Å². The molecule has 2 heterocycles. The molecule has 1 aliphatic carbocycles. The number of hydrogen-bond acceptors (Lipinski definition) is 4. The summed E-state index contributed by atoms with van der Waals surface area (Å²) in [6, 6.07) is 7.49. The van der Waals surface area contributed by atoms with Gasteiger partial charge < -0.3 is 10.2 Å². The molecule has 152 valence electrons. The van der Waals surface area contributed by atoms with Crippen molar-refractivity contribution in [3.63, 3.8) is 0 Å². The monoisotopic (exact) mass is 394 g/mol. The lowest BCUT2D eigenvalue weighted by atomic mass is 10.1. The van der Waals surface area contributed by atoms with Gasteiger partial charge in [-0.1, -0.05) is 6.07 Å². The van der Waals surface area contributed by atoms with E-state index in [0.29, 0.717) is 25.6 Å². The van der Waals surface area contributed by atoms with Gasteiger partial charge >= 0.3 is 0 Å². The van der Waals surface area contributed by atoms with Gasteiger partial charge in [-0.3, -0.25) is 19.0 Å². The van der Waals surface area contributed by atoms with E-state index in [9.17, 15) is 14.4 Å². The van der Waals surface area contributed by atoms with Crippen molar-refractivity contribution in [2.75, 3.05) is 18.0 Å². The SMILES string of the molecule is Cc1ccc(N2CC(C(=O)NCCn3cnc(C4CC4)cc3=O)CC2=O)cc1C. The largest absolute Gasteiger partial charge is 0.354 e. The second kappa shape index (κ2) is 7.81. The zero-order chi connectivity index (χ0) is 20.5.